The van der Waals surface area contributed by atoms with E-state index in [1.807, 2.05) is 0 Å². The first-order valence-electron chi connectivity index (χ1n) is 7.47. The molecule has 1 heterocycles. The van der Waals surface area contributed by atoms with Crippen LogP contribution in [0.3, 0.4) is 0 Å². The predicted molar refractivity (Wildman–Crippen MR) is 78.6 cm³/mol. The van der Waals surface area contributed by atoms with Gasteiger partial charge in [-0.3, -0.25) is 0 Å². The first kappa shape index (κ1) is 14.8. The summed E-state index contributed by atoms with van der Waals surface area (Å²) in [6.07, 6.45) is 4.48. The molecular formula is C15H21NO4S. The predicted octanol–water partition coefficient (Wildman–Crippen LogP) is 2.37. The van der Waals surface area contributed by atoms with Gasteiger partial charge in [-0.1, -0.05) is 0 Å². The van der Waals surface area contributed by atoms with Crippen molar-refractivity contribution in [3.05, 3.63) is 24.3 Å². The van der Waals surface area contributed by atoms with Crippen LogP contribution < -0.4 is 4.74 Å². The summed E-state index contributed by atoms with van der Waals surface area (Å²) in [5.41, 5.74) is 0. The molecule has 6 heteroatoms. The van der Waals surface area contributed by atoms with Crippen molar-refractivity contribution < 1.29 is 17.9 Å². The van der Waals surface area contributed by atoms with E-state index < -0.39 is 16.3 Å². The zero-order chi connectivity index (χ0) is 14.9. The summed E-state index contributed by atoms with van der Waals surface area (Å²) < 4.78 is 37.6. The van der Waals surface area contributed by atoms with Gasteiger partial charge in [0.05, 0.1) is 17.6 Å². The van der Waals surface area contributed by atoms with E-state index in [0.717, 1.165) is 18.6 Å². The van der Waals surface area contributed by atoms with Crippen LogP contribution in [0.4, 0.5) is 0 Å². The Morgan fingerprint density at radius 1 is 1.19 bits per heavy atom. The van der Waals surface area contributed by atoms with Crippen LogP contribution in [0.25, 0.3) is 0 Å². The molecule has 3 rings (SSSR count). The summed E-state index contributed by atoms with van der Waals surface area (Å²) in [6, 6.07) is 6.72. The van der Waals surface area contributed by atoms with E-state index in [0.29, 0.717) is 18.0 Å². The maximum absolute atomic E-state index is 12.5. The van der Waals surface area contributed by atoms with Crippen molar-refractivity contribution in [1.82, 2.24) is 4.31 Å². The van der Waals surface area contributed by atoms with Gasteiger partial charge in [0, 0.05) is 6.54 Å². The normalized spacial score (nSPS) is 24.5. The smallest absolute Gasteiger partial charge is 0.245 e. The molecule has 0 N–H and O–H groups in total. The van der Waals surface area contributed by atoms with Crippen molar-refractivity contribution in [2.75, 3.05) is 13.2 Å². The molecule has 2 fully saturated rings. The first-order chi connectivity index (χ1) is 10.1. The van der Waals surface area contributed by atoms with Gasteiger partial charge >= 0.3 is 0 Å². The minimum Gasteiger partial charge on any atom is -0.490 e. The van der Waals surface area contributed by atoms with Gasteiger partial charge in [0.15, 0.2) is 0 Å². The lowest BCUT2D eigenvalue weighted by Crippen LogP contribution is -2.34. The maximum atomic E-state index is 12.5. The van der Waals surface area contributed by atoms with Gasteiger partial charge in [0.1, 0.15) is 12.0 Å². The fraction of sp³-hybridized carbons (Fsp3) is 0.600. The van der Waals surface area contributed by atoms with Crippen LogP contribution in [0, 0.1) is 0 Å². The standard InChI is InChI=1S/C15H21NO4S/c1-12-16(10-11-19-12)21(17,18)15-8-6-14(7-9-15)20-13-4-2-3-5-13/h6-9,12-13H,2-5,10-11H2,1H3. The molecule has 1 aromatic rings. The lowest BCUT2D eigenvalue weighted by molar-refractivity contribution is 0.0846. The van der Waals surface area contributed by atoms with E-state index in [4.69, 9.17) is 9.47 Å². The summed E-state index contributed by atoms with van der Waals surface area (Å²) in [5.74, 6) is 0.742. The lowest BCUT2D eigenvalue weighted by atomic mass is 10.3. The minimum atomic E-state index is -3.48. The highest BCUT2D eigenvalue weighted by atomic mass is 32.2. The quantitative estimate of drug-likeness (QED) is 0.856. The van der Waals surface area contributed by atoms with Crippen LogP contribution in [-0.2, 0) is 14.8 Å². The Hall–Kier alpha value is -1.11. The molecule has 21 heavy (non-hydrogen) atoms. The number of benzene rings is 1. The van der Waals surface area contributed by atoms with Crippen molar-refractivity contribution >= 4 is 10.0 Å². The highest BCUT2D eigenvalue weighted by Crippen LogP contribution is 2.27. The summed E-state index contributed by atoms with van der Waals surface area (Å²) in [6.45, 7) is 2.61. The Balaban J connectivity index is 1.73. The molecule has 0 spiro atoms. The molecule has 0 radical (unpaired) electrons. The van der Waals surface area contributed by atoms with E-state index in [2.05, 4.69) is 0 Å². The topological polar surface area (TPSA) is 55.8 Å². The van der Waals surface area contributed by atoms with Crippen molar-refractivity contribution in [1.29, 1.82) is 0 Å². The fourth-order valence-corrected chi connectivity index (χ4v) is 4.44. The molecule has 1 saturated carbocycles. The van der Waals surface area contributed by atoms with Crippen LogP contribution in [0.2, 0.25) is 0 Å². The third kappa shape index (κ3) is 3.07. The van der Waals surface area contributed by atoms with Gasteiger partial charge in [-0.15, -0.1) is 0 Å². The molecule has 0 aromatic heterocycles. The summed E-state index contributed by atoms with van der Waals surface area (Å²) in [4.78, 5) is 0.290. The Bertz CT molecular complexity index is 578. The maximum Gasteiger partial charge on any atom is 0.245 e. The zero-order valence-corrected chi connectivity index (χ0v) is 13.0. The molecular weight excluding hydrogens is 290 g/mol. The minimum absolute atomic E-state index is 0.277. The molecule has 2 aliphatic rings. The van der Waals surface area contributed by atoms with Gasteiger partial charge in [0.2, 0.25) is 10.0 Å². The van der Waals surface area contributed by atoms with Crippen LogP contribution in [0.5, 0.6) is 5.75 Å². The fourth-order valence-electron chi connectivity index (χ4n) is 2.92. The van der Waals surface area contributed by atoms with E-state index in [-0.39, 0.29) is 6.10 Å². The number of hydrogen-bond acceptors (Lipinski definition) is 4. The number of ether oxygens (including phenoxy) is 2. The third-order valence-corrected chi connectivity index (χ3v) is 6.08. The average molecular weight is 311 g/mol. The van der Waals surface area contributed by atoms with Crippen molar-refractivity contribution in [2.45, 2.75) is 49.8 Å². The third-order valence-electron chi connectivity index (χ3n) is 4.11. The van der Waals surface area contributed by atoms with Gasteiger partial charge in [-0.2, -0.15) is 4.31 Å². The van der Waals surface area contributed by atoms with Gasteiger partial charge < -0.3 is 9.47 Å². The van der Waals surface area contributed by atoms with Crippen molar-refractivity contribution in [2.24, 2.45) is 0 Å². The molecule has 1 aliphatic heterocycles. The summed E-state index contributed by atoms with van der Waals surface area (Å²) in [5, 5.41) is 0. The van der Waals surface area contributed by atoms with Crippen LogP contribution in [0.15, 0.2) is 29.2 Å². The Labute approximate surface area is 125 Å². The van der Waals surface area contributed by atoms with E-state index in [1.165, 1.54) is 17.1 Å². The molecule has 116 valence electrons. The zero-order valence-electron chi connectivity index (χ0n) is 12.2. The van der Waals surface area contributed by atoms with E-state index in [1.54, 1.807) is 31.2 Å². The van der Waals surface area contributed by atoms with Gasteiger partial charge in [-0.05, 0) is 56.9 Å². The number of rotatable bonds is 4. The Morgan fingerprint density at radius 3 is 2.43 bits per heavy atom. The molecule has 1 aliphatic carbocycles. The summed E-state index contributed by atoms with van der Waals surface area (Å²) >= 11 is 0. The SMILES string of the molecule is CC1OCCN1S(=O)(=O)c1ccc(OC2CCCC2)cc1. The number of sulfonamides is 1. The van der Waals surface area contributed by atoms with Crippen LogP contribution in [-0.4, -0.2) is 38.2 Å². The largest absolute Gasteiger partial charge is 0.490 e. The van der Waals surface area contributed by atoms with Crippen LogP contribution >= 0.6 is 0 Å². The molecule has 1 saturated heterocycles. The van der Waals surface area contributed by atoms with Crippen molar-refractivity contribution in [3.8, 4) is 5.75 Å². The molecule has 1 atom stereocenters. The first-order valence-corrected chi connectivity index (χ1v) is 8.91. The highest BCUT2D eigenvalue weighted by molar-refractivity contribution is 7.89. The molecule has 0 bridgehead atoms. The molecule has 0 amide bonds. The monoisotopic (exact) mass is 311 g/mol. The second-order valence-electron chi connectivity index (χ2n) is 5.58. The highest BCUT2D eigenvalue weighted by Gasteiger charge is 2.33. The second-order valence-corrected chi connectivity index (χ2v) is 7.47. The van der Waals surface area contributed by atoms with E-state index >= 15 is 0 Å². The Morgan fingerprint density at radius 2 is 1.86 bits per heavy atom. The van der Waals surface area contributed by atoms with E-state index in [9.17, 15) is 8.42 Å². The molecule has 1 unspecified atom stereocenters. The number of hydrogen-bond donors (Lipinski definition) is 0. The van der Waals surface area contributed by atoms with Crippen LogP contribution in [0.1, 0.15) is 32.6 Å². The lowest BCUT2D eigenvalue weighted by Gasteiger charge is -2.19. The molecule has 5 nitrogen and oxygen atoms in total. The number of nitrogens with zero attached hydrogens (tertiary/aromatic N) is 1. The Kier molecular flexibility index (Phi) is 4.19. The van der Waals surface area contributed by atoms with Gasteiger partial charge in [0.25, 0.3) is 0 Å². The van der Waals surface area contributed by atoms with Gasteiger partial charge in [-0.25, -0.2) is 8.42 Å². The average Bonchev–Trinajstić information content (AvgIpc) is 3.11. The molecule has 1 aromatic carbocycles. The van der Waals surface area contributed by atoms with Crippen molar-refractivity contribution in [3.63, 3.8) is 0 Å². The summed E-state index contributed by atoms with van der Waals surface area (Å²) in [7, 11) is -3.48. The second kappa shape index (κ2) is 5.94.